The molecule has 1 aliphatic heterocycles. The lowest BCUT2D eigenvalue weighted by Crippen LogP contribution is -2.61. The molecule has 1 saturated heterocycles. The van der Waals surface area contributed by atoms with Crippen LogP contribution in [0.2, 0.25) is 0 Å². The average molecular weight is 344 g/mol. The molecule has 1 aliphatic rings. The van der Waals surface area contributed by atoms with Crippen LogP contribution in [0.4, 0.5) is 0 Å². The van der Waals surface area contributed by atoms with Gasteiger partial charge in [0.15, 0.2) is 6.29 Å². The Morgan fingerprint density at radius 1 is 0.826 bits per heavy atom. The molecular weight excluding hydrogens is 320 g/mol. The van der Waals surface area contributed by atoms with Crippen LogP contribution in [0.1, 0.15) is 0 Å². The van der Waals surface area contributed by atoms with Crippen molar-refractivity contribution in [2.24, 2.45) is 0 Å². The molecule has 1 fully saturated rings. The average Bonchev–Trinajstić information content (AvgIpc) is 2.57. The molecule has 0 radical (unpaired) electrons. The molecule has 0 aliphatic carbocycles. The fourth-order valence-corrected chi connectivity index (χ4v) is 2.14. The number of hydrogen-bond acceptors (Lipinski definition) is 11. The van der Waals surface area contributed by atoms with E-state index in [4.69, 9.17) is 19.7 Å². The van der Waals surface area contributed by atoms with Gasteiger partial charge in [0.2, 0.25) is 0 Å². The van der Waals surface area contributed by atoms with Gasteiger partial charge in [-0.2, -0.15) is 0 Å². The molecule has 11 nitrogen and oxygen atoms in total. The van der Waals surface area contributed by atoms with Gasteiger partial charge < -0.3 is 55.4 Å². The topological polar surface area (TPSA) is 201 Å². The highest BCUT2D eigenvalue weighted by Crippen LogP contribution is 2.24. The number of hydrogen-bond donors (Lipinski definition) is 9. The Hall–Kier alpha value is -0.440. The monoisotopic (exact) mass is 344 g/mol. The zero-order chi connectivity index (χ0) is 17.7. The van der Waals surface area contributed by atoms with Crippen molar-refractivity contribution in [3.05, 3.63) is 0 Å². The smallest absolute Gasteiger partial charge is 0.187 e. The van der Waals surface area contributed by atoms with E-state index in [-0.39, 0.29) is 0 Å². The Kier molecular flexibility index (Phi) is 8.20. The van der Waals surface area contributed by atoms with Crippen LogP contribution < -0.4 is 0 Å². The van der Waals surface area contributed by atoms with Gasteiger partial charge in [-0.25, -0.2) is 0 Å². The van der Waals surface area contributed by atoms with Crippen molar-refractivity contribution in [3.8, 4) is 0 Å². The van der Waals surface area contributed by atoms with Crippen LogP contribution >= 0.6 is 0 Å². The highest BCUT2D eigenvalue weighted by atomic mass is 16.7. The molecule has 23 heavy (non-hydrogen) atoms. The van der Waals surface area contributed by atoms with Gasteiger partial charge in [0.05, 0.1) is 19.8 Å². The highest BCUT2D eigenvalue weighted by Gasteiger charge is 2.46. The van der Waals surface area contributed by atoms with E-state index in [0.717, 1.165) is 0 Å². The summed E-state index contributed by atoms with van der Waals surface area (Å²) in [5.41, 5.74) is 0. The van der Waals surface area contributed by atoms with Crippen molar-refractivity contribution in [2.45, 2.75) is 55.1 Å². The number of aliphatic hydroxyl groups is 9. The first-order valence-electron chi connectivity index (χ1n) is 7.00. The lowest BCUT2D eigenvalue weighted by molar-refractivity contribution is -0.322. The second kappa shape index (κ2) is 9.15. The minimum Gasteiger partial charge on any atom is -0.394 e. The standard InChI is InChI=1S/C12H24O11/c13-1-4(16)7(17)8(18)5(2-14)22-12-11(21)10(20)9(19)6(3-15)23-12/h4-21H,1-3H2/t4-,5-,6-,7+,8-,9-,10+,11-,12?/m0/s1. The van der Waals surface area contributed by atoms with Crippen LogP contribution in [0, 0.1) is 0 Å². The summed E-state index contributed by atoms with van der Waals surface area (Å²) in [6.07, 6.45) is -14.9. The van der Waals surface area contributed by atoms with E-state index in [1.807, 2.05) is 0 Å². The molecule has 1 unspecified atom stereocenters. The van der Waals surface area contributed by atoms with Crippen molar-refractivity contribution in [2.75, 3.05) is 19.8 Å². The summed E-state index contributed by atoms with van der Waals surface area (Å²) in [7, 11) is 0. The molecular formula is C12H24O11. The zero-order valence-corrected chi connectivity index (χ0v) is 12.2. The second-order valence-corrected chi connectivity index (χ2v) is 5.29. The van der Waals surface area contributed by atoms with Gasteiger partial charge in [0, 0.05) is 0 Å². The quantitative estimate of drug-likeness (QED) is 0.203. The Balaban J connectivity index is 2.77. The summed E-state index contributed by atoms with van der Waals surface area (Å²) in [5, 5.41) is 84.7. The number of ether oxygens (including phenoxy) is 2. The maximum Gasteiger partial charge on any atom is 0.187 e. The van der Waals surface area contributed by atoms with E-state index in [1.54, 1.807) is 0 Å². The molecule has 0 aromatic heterocycles. The zero-order valence-electron chi connectivity index (χ0n) is 12.2. The van der Waals surface area contributed by atoms with E-state index in [9.17, 15) is 35.7 Å². The minimum atomic E-state index is -1.86. The Morgan fingerprint density at radius 2 is 1.43 bits per heavy atom. The van der Waals surface area contributed by atoms with Crippen molar-refractivity contribution >= 4 is 0 Å². The summed E-state index contributed by atoms with van der Waals surface area (Å²) in [6, 6.07) is 0. The first-order chi connectivity index (χ1) is 10.8. The van der Waals surface area contributed by atoms with Gasteiger partial charge in [-0.3, -0.25) is 0 Å². The highest BCUT2D eigenvalue weighted by molar-refractivity contribution is 4.90. The third kappa shape index (κ3) is 4.78. The van der Waals surface area contributed by atoms with E-state index < -0.39 is 74.9 Å². The van der Waals surface area contributed by atoms with Crippen LogP contribution in [0.15, 0.2) is 0 Å². The van der Waals surface area contributed by atoms with Gasteiger partial charge in [-0.1, -0.05) is 0 Å². The van der Waals surface area contributed by atoms with Crippen molar-refractivity contribution in [1.29, 1.82) is 0 Å². The Labute approximate surface area is 131 Å². The maximum atomic E-state index is 9.83. The molecule has 1 heterocycles. The third-order valence-corrected chi connectivity index (χ3v) is 3.65. The van der Waals surface area contributed by atoms with Gasteiger partial charge in [-0.15, -0.1) is 0 Å². The molecule has 0 amide bonds. The van der Waals surface area contributed by atoms with E-state index in [0.29, 0.717) is 0 Å². The normalized spacial score (nSPS) is 37.2. The molecule has 9 atom stereocenters. The predicted octanol–water partition coefficient (Wildman–Crippen LogP) is -5.76. The number of aliphatic hydroxyl groups excluding tert-OH is 9. The molecule has 0 aromatic carbocycles. The third-order valence-electron chi connectivity index (χ3n) is 3.65. The minimum absolute atomic E-state index is 0.691. The number of rotatable bonds is 8. The summed E-state index contributed by atoms with van der Waals surface area (Å²) < 4.78 is 10.1. The second-order valence-electron chi connectivity index (χ2n) is 5.29. The SMILES string of the molecule is OC[C@@H]1OC(O[C@@H](CO)[C@H](O)[C@H](O)[C@@H](O)CO)[C@@H](O)[C@H](O)[C@H]1O. The Morgan fingerprint density at radius 3 is 1.91 bits per heavy atom. The molecule has 138 valence electrons. The maximum absolute atomic E-state index is 9.83. The summed E-state index contributed by atoms with van der Waals surface area (Å²) >= 11 is 0. The first kappa shape index (κ1) is 20.6. The molecule has 0 saturated carbocycles. The lowest BCUT2D eigenvalue weighted by atomic mass is 9.99. The fraction of sp³-hybridized carbons (Fsp3) is 1.00. The van der Waals surface area contributed by atoms with E-state index in [1.165, 1.54) is 0 Å². The van der Waals surface area contributed by atoms with Gasteiger partial charge in [-0.05, 0) is 0 Å². The first-order valence-corrected chi connectivity index (χ1v) is 7.00. The van der Waals surface area contributed by atoms with Crippen molar-refractivity contribution in [3.63, 3.8) is 0 Å². The van der Waals surface area contributed by atoms with E-state index >= 15 is 0 Å². The van der Waals surface area contributed by atoms with Gasteiger partial charge in [0.1, 0.15) is 48.8 Å². The van der Waals surface area contributed by atoms with E-state index in [2.05, 4.69) is 0 Å². The molecule has 0 bridgehead atoms. The molecule has 0 spiro atoms. The fourth-order valence-electron chi connectivity index (χ4n) is 2.14. The largest absolute Gasteiger partial charge is 0.394 e. The molecule has 1 rings (SSSR count). The van der Waals surface area contributed by atoms with Crippen LogP contribution in [-0.4, -0.2) is 121 Å². The summed E-state index contributed by atoms with van der Waals surface area (Å²) in [6.45, 7) is -2.40. The molecule has 0 aromatic rings. The molecule has 9 N–H and O–H groups in total. The summed E-state index contributed by atoms with van der Waals surface area (Å²) in [4.78, 5) is 0. The predicted molar refractivity (Wildman–Crippen MR) is 70.8 cm³/mol. The van der Waals surface area contributed by atoms with Crippen molar-refractivity contribution < 1.29 is 55.4 Å². The molecule has 11 heteroatoms. The Bertz CT molecular complexity index is 341. The van der Waals surface area contributed by atoms with Crippen LogP contribution in [0.5, 0.6) is 0 Å². The van der Waals surface area contributed by atoms with Gasteiger partial charge >= 0.3 is 0 Å². The van der Waals surface area contributed by atoms with Crippen LogP contribution in [0.25, 0.3) is 0 Å². The van der Waals surface area contributed by atoms with Crippen LogP contribution in [-0.2, 0) is 9.47 Å². The lowest BCUT2D eigenvalue weighted by Gasteiger charge is -2.41. The van der Waals surface area contributed by atoms with Gasteiger partial charge in [0.25, 0.3) is 0 Å². The summed E-state index contributed by atoms with van der Waals surface area (Å²) in [5.74, 6) is 0. The van der Waals surface area contributed by atoms with Crippen molar-refractivity contribution in [1.82, 2.24) is 0 Å². The van der Waals surface area contributed by atoms with Crippen LogP contribution in [0.3, 0.4) is 0 Å².